The lowest BCUT2D eigenvalue weighted by atomic mass is 10.2. The number of alkyl carbamates (subject to hydrolysis) is 1. The molecule has 0 aliphatic rings. The molecule has 0 aromatic carbocycles. The molecule has 3 aromatic rings. The molecule has 8 nitrogen and oxygen atoms in total. The Balaban J connectivity index is 2.12. The third-order valence-corrected chi connectivity index (χ3v) is 5.31. The molecule has 0 atom stereocenters. The van der Waals surface area contributed by atoms with E-state index in [-0.39, 0.29) is 22.8 Å². The number of aromatic nitrogens is 3. The number of halogens is 1. The maximum absolute atomic E-state index is 14.2. The zero-order valence-electron chi connectivity index (χ0n) is 14.2. The Kier molecular flexibility index (Phi) is 5.17. The summed E-state index contributed by atoms with van der Waals surface area (Å²) in [5, 5.41) is 2.29. The summed E-state index contributed by atoms with van der Waals surface area (Å²) < 4.78 is 46.2. The summed E-state index contributed by atoms with van der Waals surface area (Å²) in [5.41, 5.74) is 0.496. The second-order valence-electron chi connectivity index (χ2n) is 5.40. The first-order valence-electron chi connectivity index (χ1n) is 7.74. The van der Waals surface area contributed by atoms with E-state index < -0.39 is 21.9 Å². The summed E-state index contributed by atoms with van der Waals surface area (Å²) in [6.07, 6.45) is 5.59. The van der Waals surface area contributed by atoms with Crippen LogP contribution in [0.25, 0.3) is 11.3 Å². The second kappa shape index (κ2) is 7.54. The van der Waals surface area contributed by atoms with Gasteiger partial charge in [-0.2, -0.15) is 0 Å². The van der Waals surface area contributed by atoms with Gasteiger partial charge in [0.2, 0.25) is 0 Å². The van der Waals surface area contributed by atoms with Gasteiger partial charge in [-0.1, -0.05) is 0 Å². The summed E-state index contributed by atoms with van der Waals surface area (Å²) in [4.78, 5) is 18.7. The van der Waals surface area contributed by atoms with Gasteiger partial charge in [0.15, 0.2) is 5.82 Å². The number of nitrogens with zero attached hydrogens (tertiary/aromatic N) is 3. The number of nitrogens with one attached hydrogen (secondary N) is 1. The smallest absolute Gasteiger partial charge is 0.407 e. The Morgan fingerprint density at radius 2 is 2.04 bits per heavy atom. The van der Waals surface area contributed by atoms with E-state index in [4.69, 9.17) is 4.74 Å². The lowest BCUT2D eigenvalue weighted by molar-refractivity contribution is 0.142. The molecule has 140 valence electrons. The standard InChI is InChI=1S/C17H15FN4O4S/c1-19-17(23)26-11-12-7-16(14-4-6-21-9-15(14)18)22(10-12)27(24,25)13-3-2-5-20-8-13/h2-10H,11H2,1H3,(H,19,23). The summed E-state index contributed by atoms with van der Waals surface area (Å²) in [6, 6.07) is 5.67. The van der Waals surface area contributed by atoms with E-state index in [1.165, 1.54) is 56.1 Å². The van der Waals surface area contributed by atoms with Crippen LogP contribution < -0.4 is 5.32 Å². The van der Waals surface area contributed by atoms with E-state index in [1.54, 1.807) is 0 Å². The molecule has 0 fully saturated rings. The SMILES string of the molecule is CNC(=O)OCc1cc(-c2ccncc2F)n(S(=O)(=O)c2cccnc2)c1. The van der Waals surface area contributed by atoms with E-state index in [1.807, 2.05) is 0 Å². The Hall–Kier alpha value is -3.27. The fourth-order valence-corrected chi connectivity index (χ4v) is 3.74. The van der Waals surface area contributed by atoms with Crippen molar-refractivity contribution in [3.05, 3.63) is 66.6 Å². The highest BCUT2D eigenvalue weighted by Gasteiger charge is 2.23. The minimum atomic E-state index is -4.05. The number of hydrogen-bond acceptors (Lipinski definition) is 6. The topological polar surface area (TPSA) is 103 Å². The van der Waals surface area contributed by atoms with Crippen molar-refractivity contribution >= 4 is 16.1 Å². The first kappa shape index (κ1) is 18.5. The number of amides is 1. The zero-order valence-corrected chi connectivity index (χ0v) is 15.0. The van der Waals surface area contributed by atoms with Crippen molar-refractivity contribution in [3.63, 3.8) is 0 Å². The quantitative estimate of drug-likeness (QED) is 0.716. The van der Waals surface area contributed by atoms with Crippen LogP contribution in [0.15, 0.2) is 60.1 Å². The molecule has 3 aromatic heterocycles. The molecular formula is C17H15FN4O4S. The maximum Gasteiger partial charge on any atom is 0.407 e. The van der Waals surface area contributed by atoms with Gasteiger partial charge >= 0.3 is 6.09 Å². The van der Waals surface area contributed by atoms with E-state index in [9.17, 15) is 17.6 Å². The minimum absolute atomic E-state index is 0.0451. The highest BCUT2D eigenvalue weighted by atomic mass is 32.2. The summed E-state index contributed by atoms with van der Waals surface area (Å²) in [7, 11) is -2.65. The normalized spacial score (nSPS) is 11.2. The molecule has 0 saturated carbocycles. The Bertz CT molecular complexity index is 1070. The number of carbonyl (C=O) groups excluding carboxylic acids is 1. The molecule has 10 heteroatoms. The predicted molar refractivity (Wildman–Crippen MR) is 93.7 cm³/mol. The van der Waals surface area contributed by atoms with Gasteiger partial charge in [0, 0.05) is 43.0 Å². The number of pyridine rings is 2. The highest BCUT2D eigenvalue weighted by Crippen LogP contribution is 2.28. The molecule has 0 aliphatic carbocycles. The van der Waals surface area contributed by atoms with Crippen LogP contribution in [0.4, 0.5) is 9.18 Å². The van der Waals surface area contributed by atoms with Crippen molar-refractivity contribution in [2.24, 2.45) is 0 Å². The van der Waals surface area contributed by atoms with Crippen LogP contribution in [0.5, 0.6) is 0 Å². The van der Waals surface area contributed by atoms with E-state index >= 15 is 0 Å². The van der Waals surface area contributed by atoms with Gasteiger partial charge in [0.25, 0.3) is 10.0 Å². The van der Waals surface area contributed by atoms with Gasteiger partial charge in [0.1, 0.15) is 11.5 Å². The minimum Gasteiger partial charge on any atom is -0.445 e. The molecule has 3 heterocycles. The maximum atomic E-state index is 14.2. The first-order valence-corrected chi connectivity index (χ1v) is 9.18. The van der Waals surface area contributed by atoms with Crippen molar-refractivity contribution in [1.29, 1.82) is 0 Å². The largest absolute Gasteiger partial charge is 0.445 e. The fraction of sp³-hybridized carbons (Fsp3) is 0.118. The first-order chi connectivity index (χ1) is 12.9. The zero-order chi connectivity index (χ0) is 19.4. The van der Waals surface area contributed by atoms with Crippen LogP contribution in [-0.2, 0) is 21.4 Å². The van der Waals surface area contributed by atoms with Crippen molar-refractivity contribution in [2.45, 2.75) is 11.5 Å². The van der Waals surface area contributed by atoms with Crippen LogP contribution in [0.2, 0.25) is 0 Å². The van der Waals surface area contributed by atoms with Gasteiger partial charge in [-0.3, -0.25) is 9.97 Å². The molecule has 3 rings (SSSR count). The van der Waals surface area contributed by atoms with Gasteiger partial charge < -0.3 is 10.1 Å². The van der Waals surface area contributed by atoms with Crippen molar-refractivity contribution < 1.29 is 22.3 Å². The number of rotatable bonds is 5. The molecule has 1 N–H and O–H groups in total. The molecule has 27 heavy (non-hydrogen) atoms. The van der Waals surface area contributed by atoms with Gasteiger partial charge in [-0.25, -0.2) is 21.6 Å². The molecule has 1 amide bonds. The van der Waals surface area contributed by atoms with Crippen molar-refractivity contribution in [1.82, 2.24) is 19.3 Å². The average molecular weight is 390 g/mol. The molecular weight excluding hydrogens is 375 g/mol. The lowest BCUT2D eigenvalue weighted by Gasteiger charge is -2.10. The lowest BCUT2D eigenvalue weighted by Crippen LogP contribution is -2.18. The van der Waals surface area contributed by atoms with Crippen LogP contribution in [-0.4, -0.2) is 35.5 Å². The second-order valence-corrected chi connectivity index (χ2v) is 7.22. The molecule has 0 spiro atoms. The highest BCUT2D eigenvalue weighted by molar-refractivity contribution is 7.90. The number of ether oxygens (including phenoxy) is 1. The number of carbonyl (C=O) groups is 1. The number of hydrogen-bond donors (Lipinski definition) is 1. The summed E-state index contributed by atoms with van der Waals surface area (Å²) >= 11 is 0. The van der Waals surface area contributed by atoms with E-state index in [2.05, 4.69) is 15.3 Å². The van der Waals surface area contributed by atoms with Crippen LogP contribution in [0.1, 0.15) is 5.56 Å². The van der Waals surface area contributed by atoms with Gasteiger partial charge in [0.05, 0.1) is 11.9 Å². The molecule has 0 aliphatic heterocycles. The van der Waals surface area contributed by atoms with Crippen LogP contribution in [0, 0.1) is 5.82 Å². The van der Waals surface area contributed by atoms with Crippen LogP contribution in [0.3, 0.4) is 0 Å². The predicted octanol–water partition coefficient (Wildman–Crippen LogP) is 2.18. The molecule has 0 bridgehead atoms. The van der Waals surface area contributed by atoms with Gasteiger partial charge in [-0.15, -0.1) is 0 Å². The van der Waals surface area contributed by atoms with Crippen molar-refractivity contribution in [2.75, 3.05) is 7.05 Å². The fourth-order valence-electron chi connectivity index (χ4n) is 2.39. The molecule has 0 radical (unpaired) electrons. The average Bonchev–Trinajstić information content (AvgIpc) is 3.12. The van der Waals surface area contributed by atoms with Gasteiger partial charge in [-0.05, 0) is 24.3 Å². The summed E-state index contributed by atoms with van der Waals surface area (Å²) in [5.74, 6) is -0.683. The van der Waals surface area contributed by atoms with E-state index in [0.717, 1.165) is 10.2 Å². The Labute approximate surface area is 154 Å². The third kappa shape index (κ3) is 3.80. The summed E-state index contributed by atoms with van der Waals surface area (Å²) in [6.45, 7) is -0.186. The Morgan fingerprint density at radius 3 is 2.70 bits per heavy atom. The van der Waals surface area contributed by atoms with Crippen molar-refractivity contribution in [3.8, 4) is 11.3 Å². The third-order valence-electron chi connectivity index (χ3n) is 3.66. The van der Waals surface area contributed by atoms with E-state index in [0.29, 0.717) is 5.56 Å². The van der Waals surface area contributed by atoms with Crippen LogP contribution >= 0.6 is 0 Å². The molecule has 0 unspecified atom stereocenters. The monoisotopic (exact) mass is 390 g/mol. The Morgan fingerprint density at radius 1 is 1.26 bits per heavy atom. The molecule has 0 saturated heterocycles.